The molecule has 0 spiro atoms. The number of likely N-dealkylation sites (N-methyl/N-ethyl adjacent to an activating group) is 1. The minimum atomic E-state index is 0.219. The normalized spacial score (nSPS) is 20.3. The van der Waals surface area contributed by atoms with Crippen molar-refractivity contribution in [1.29, 1.82) is 0 Å². The number of halogens is 2. The monoisotopic (exact) mass is 686 g/mol. The van der Waals surface area contributed by atoms with Gasteiger partial charge >= 0.3 is 0 Å². The van der Waals surface area contributed by atoms with Crippen molar-refractivity contribution in [2.75, 3.05) is 45.8 Å². The highest BCUT2D eigenvalue weighted by Crippen LogP contribution is 2.45. The Morgan fingerprint density at radius 2 is 1.63 bits per heavy atom. The molecule has 1 atom stereocenters. The molecule has 0 bridgehead atoms. The largest absolute Gasteiger partial charge is 0.343 e. The zero-order chi connectivity index (χ0) is 29.1. The summed E-state index contributed by atoms with van der Waals surface area (Å²) < 4.78 is 2.23. The number of likely N-dealkylation sites (tertiary alicyclic amines) is 2. The van der Waals surface area contributed by atoms with E-state index in [2.05, 4.69) is 66.8 Å². The lowest BCUT2D eigenvalue weighted by Crippen LogP contribution is -2.44. The summed E-state index contributed by atoms with van der Waals surface area (Å²) in [6.45, 7) is 11.7. The van der Waals surface area contributed by atoms with Crippen LogP contribution >= 0.6 is 31.9 Å². The van der Waals surface area contributed by atoms with Crippen LogP contribution in [0.25, 0.3) is 0 Å². The van der Waals surface area contributed by atoms with Crippen LogP contribution in [-0.4, -0.2) is 77.3 Å². The van der Waals surface area contributed by atoms with E-state index < -0.39 is 0 Å². The van der Waals surface area contributed by atoms with Crippen LogP contribution in [0.15, 0.2) is 33.3 Å². The second-order valence-corrected chi connectivity index (χ2v) is 14.0. The summed E-state index contributed by atoms with van der Waals surface area (Å²) in [6, 6.07) is 6.86. The number of nitrogens with zero attached hydrogens (tertiary/aromatic N) is 4. The van der Waals surface area contributed by atoms with E-state index in [4.69, 9.17) is 4.98 Å². The van der Waals surface area contributed by atoms with Crippen molar-refractivity contribution in [3.8, 4) is 0 Å². The Hall–Kier alpha value is -1.77. The molecule has 2 aromatic rings. The van der Waals surface area contributed by atoms with Gasteiger partial charge in [0, 0.05) is 53.7 Å². The summed E-state index contributed by atoms with van der Waals surface area (Å²) >= 11 is 7.58. The van der Waals surface area contributed by atoms with Gasteiger partial charge in [0.05, 0.1) is 12.2 Å². The Balaban J connectivity index is 1.20. The third-order valence-corrected chi connectivity index (χ3v) is 10.7. The number of hydrogen-bond acceptors (Lipinski definition) is 4. The molecule has 1 aromatic carbocycles. The topological polar surface area (TPSA) is 56.8 Å². The third-order valence-electron chi connectivity index (χ3n) is 9.61. The van der Waals surface area contributed by atoms with Crippen LogP contribution in [0.2, 0.25) is 0 Å². The van der Waals surface area contributed by atoms with E-state index in [-0.39, 0.29) is 11.8 Å². The molecule has 0 N–H and O–H groups in total. The van der Waals surface area contributed by atoms with E-state index in [1.807, 2.05) is 24.9 Å². The molecule has 1 unspecified atom stereocenters. The number of aryl methyl sites for hydroxylation is 3. The lowest BCUT2D eigenvalue weighted by molar-refractivity contribution is -0.135. The predicted molar refractivity (Wildman–Crippen MR) is 171 cm³/mol. The van der Waals surface area contributed by atoms with Gasteiger partial charge in [0.2, 0.25) is 11.8 Å². The molecule has 2 saturated heterocycles. The fourth-order valence-electron chi connectivity index (χ4n) is 7.29. The van der Waals surface area contributed by atoms with Crippen molar-refractivity contribution >= 4 is 43.7 Å². The Kier molecular flexibility index (Phi) is 10.2. The number of fused-ring (bicyclic) bond motifs is 2. The Morgan fingerprint density at radius 1 is 0.951 bits per heavy atom. The van der Waals surface area contributed by atoms with E-state index in [0.29, 0.717) is 30.7 Å². The van der Waals surface area contributed by atoms with E-state index in [9.17, 15) is 9.59 Å². The zero-order valence-corrected chi connectivity index (χ0v) is 28.0. The molecule has 2 fully saturated rings. The highest BCUT2D eigenvalue weighted by atomic mass is 79.9. The molecule has 1 aromatic heterocycles. The molecule has 0 radical (unpaired) electrons. The fourth-order valence-corrected chi connectivity index (χ4v) is 8.53. The van der Waals surface area contributed by atoms with E-state index >= 15 is 0 Å². The molecule has 8 heteroatoms. The van der Waals surface area contributed by atoms with E-state index in [0.717, 1.165) is 82.3 Å². The van der Waals surface area contributed by atoms with Crippen LogP contribution in [0.3, 0.4) is 0 Å². The number of carbonyl (C=O) groups excluding carboxylic acids is 2. The highest BCUT2D eigenvalue weighted by Gasteiger charge is 2.36. The van der Waals surface area contributed by atoms with Gasteiger partial charge in [-0.25, -0.2) is 0 Å². The number of aromatic nitrogens is 1. The van der Waals surface area contributed by atoms with Crippen molar-refractivity contribution in [1.82, 2.24) is 19.7 Å². The van der Waals surface area contributed by atoms with Crippen LogP contribution in [0.5, 0.6) is 0 Å². The van der Waals surface area contributed by atoms with Crippen molar-refractivity contribution in [2.45, 2.75) is 71.6 Å². The van der Waals surface area contributed by atoms with Gasteiger partial charge in [0.1, 0.15) is 0 Å². The zero-order valence-electron chi connectivity index (χ0n) is 24.8. The Morgan fingerprint density at radius 3 is 2.32 bits per heavy atom. The summed E-state index contributed by atoms with van der Waals surface area (Å²) in [7, 11) is 0. The quantitative estimate of drug-likeness (QED) is 0.340. The van der Waals surface area contributed by atoms with Gasteiger partial charge < -0.3 is 9.80 Å². The van der Waals surface area contributed by atoms with Crippen molar-refractivity contribution in [3.05, 3.63) is 61.3 Å². The molecule has 3 aliphatic rings. The highest BCUT2D eigenvalue weighted by molar-refractivity contribution is 9.10. The lowest BCUT2D eigenvalue weighted by atomic mass is 9.76. The smallest absolute Gasteiger partial charge is 0.236 e. The Bertz CT molecular complexity index is 1250. The van der Waals surface area contributed by atoms with Crippen molar-refractivity contribution in [2.24, 2.45) is 11.8 Å². The summed E-state index contributed by atoms with van der Waals surface area (Å²) in [5.74, 6) is 1.64. The number of hydrogen-bond donors (Lipinski definition) is 0. The maximum absolute atomic E-state index is 13.4. The SMILES string of the molecule is CCN(CC)C(=O)CN1CCC(CC(=O)N2CCC(C3c4ncc(Br)cc4CCc4cc(C)cc(Br)c43)CC2)CC1. The van der Waals surface area contributed by atoms with Gasteiger partial charge in [-0.3, -0.25) is 19.5 Å². The standard InChI is InChI=1S/C33H44Br2N4O2/c1-4-38(5-2)30(41)21-37-12-8-23(9-13-37)18-29(40)39-14-10-24(11-15-39)32-31-25(16-22(3)17-28(31)35)6-7-26-19-27(34)20-36-33(26)32/h16-17,19-20,23-24,32H,4-15,18,21H2,1-3H3. The average molecular weight is 689 g/mol. The molecule has 41 heavy (non-hydrogen) atoms. The molecule has 3 heterocycles. The van der Waals surface area contributed by atoms with E-state index in [1.165, 1.54) is 32.4 Å². The first kappa shape index (κ1) is 30.7. The predicted octanol–water partition coefficient (Wildman–Crippen LogP) is 6.35. The number of piperidine rings is 2. The molecular weight excluding hydrogens is 644 g/mol. The van der Waals surface area contributed by atoms with Crippen LogP contribution in [-0.2, 0) is 22.4 Å². The number of carbonyl (C=O) groups is 2. The Labute approximate surface area is 262 Å². The van der Waals surface area contributed by atoms with Crippen LogP contribution in [0, 0.1) is 18.8 Å². The van der Waals surface area contributed by atoms with Crippen molar-refractivity contribution < 1.29 is 9.59 Å². The maximum atomic E-state index is 13.4. The minimum absolute atomic E-state index is 0.219. The first-order chi connectivity index (χ1) is 19.8. The lowest BCUT2D eigenvalue weighted by Gasteiger charge is -2.38. The van der Waals surface area contributed by atoms with Crippen LogP contribution in [0.4, 0.5) is 0 Å². The average Bonchev–Trinajstić information content (AvgIpc) is 3.11. The number of rotatable bonds is 7. The van der Waals surface area contributed by atoms with Crippen molar-refractivity contribution in [3.63, 3.8) is 0 Å². The van der Waals surface area contributed by atoms with E-state index in [1.54, 1.807) is 0 Å². The summed E-state index contributed by atoms with van der Waals surface area (Å²) in [4.78, 5) is 37.2. The van der Waals surface area contributed by atoms with Gasteiger partial charge in [-0.15, -0.1) is 0 Å². The summed E-state index contributed by atoms with van der Waals surface area (Å²) in [5.41, 5.74) is 6.68. The van der Waals surface area contributed by atoms with Gasteiger partial charge in [0.25, 0.3) is 0 Å². The molecule has 0 saturated carbocycles. The summed E-state index contributed by atoms with van der Waals surface area (Å²) in [6.07, 6.45) is 8.60. The molecule has 1 aliphatic carbocycles. The fraction of sp³-hybridized carbons (Fsp3) is 0.606. The molecular formula is C33H44Br2N4O2. The molecule has 6 nitrogen and oxygen atoms in total. The first-order valence-corrected chi connectivity index (χ1v) is 17.1. The van der Waals surface area contributed by atoms with Crippen LogP contribution in [0.1, 0.15) is 79.8 Å². The number of amides is 2. The second-order valence-electron chi connectivity index (χ2n) is 12.2. The number of benzene rings is 1. The molecule has 5 rings (SSSR count). The van der Waals surface area contributed by atoms with Gasteiger partial charge in [-0.1, -0.05) is 22.0 Å². The molecule has 2 aliphatic heterocycles. The van der Waals surface area contributed by atoms with Gasteiger partial charge in [-0.2, -0.15) is 0 Å². The maximum Gasteiger partial charge on any atom is 0.236 e. The second kappa shape index (κ2) is 13.7. The van der Waals surface area contributed by atoms with Crippen LogP contribution < -0.4 is 0 Å². The molecule has 222 valence electrons. The summed E-state index contributed by atoms with van der Waals surface area (Å²) in [5, 5.41) is 0. The first-order valence-electron chi connectivity index (χ1n) is 15.5. The van der Waals surface area contributed by atoms with Gasteiger partial charge in [-0.05, 0) is 135 Å². The number of pyridine rings is 1. The minimum Gasteiger partial charge on any atom is -0.343 e. The third kappa shape index (κ3) is 7.07. The van der Waals surface area contributed by atoms with Gasteiger partial charge in [0.15, 0.2) is 0 Å². The molecule has 2 amide bonds.